The van der Waals surface area contributed by atoms with E-state index in [4.69, 9.17) is 9.47 Å². The molecule has 0 amide bonds. The van der Waals surface area contributed by atoms with Gasteiger partial charge in [-0.15, -0.1) is 0 Å². The molecular weight excluding hydrogens is 376 g/mol. The molecule has 150 valence electrons. The molecule has 0 N–H and O–H groups in total. The van der Waals surface area contributed by atoms with Gasteiger partial charge in [0, 0.05) is 6.07 Å². The molecule has 0 aromatic heterocycles. The predicted octanol–water partition coefficient (Wildman–Crippen LogP) is 5.82. The van der Waals surface area contributed by atoms with Crippen LogP contribution in [-0.4, -0.2) is 11.8 Å². The lowest BCUT2D eigenvalue weighted by molar-refractivity contribution is 0.0734. The Morgan fingerprint density at radius 1 is 0.933 bits per heavy atom. The normalized spacial score (nSPS) is 14.4. The van der Waals surface area contributed by atoms with Crippen LogP contribution in [0.5, 0.6) is 11.5 Å². The smallest absolute Gasteiger partial charge is 0.343 e. The van der Waals surface area contributed by atoms with Crippen molar-refractivity contribution in [1.82, 2.24) is 0 Å². The second-order valence-corrected chi connectivity index (χ2v) is 8.23. The van der Waals surface area contributed by atoms with Crippen LogP contribution in [0, 0.1) is 0 Å². The van der Waals surface area contributed by atoms with Crippen LogP contribution in [0.3, 0.4) is 0 Å². The van der Waals surface area contributed by atoms with E-state index in [0.717, 1.165) is 5.56 Å². The standard InChI is InChI=1S/C26H22O4/c1-26(2,3)19-11-9-17(10-12-19)15-23-24(27)21-14-13-20(16-22(21)30-23)29-25(28)18-7-5-4-6-8-18/h4-16H,1-3H3. The van der Waals surface area contributed by atoms with E-state index in [0.29, 0.717) is 22.6 Å². The van der Waals surface area contributed by atoms with Crippen molar-refractivity contribution in [2.24, 2.45) is 0 Å². The van der Waals surface area contributed by atoms with Gasteiger partial charge in [0.05, 0.1) is 11.1 Å². The largest absolute Gasteiger partial charge is 0.452 e. The van der Waals surface area contributed by atoms with E-state index in [1.165, 1.54) is 5.56 Å². The number of hydrogen-bond donors (Lipinski definition) is 0. The first kappa shape index (κ1) is 19.6. The Hall–Kier alpha value is -3.66. The van der Waals surface area contributed by atoms with Crippen LogP contribution in [0.1, 0.15) is 52.6 Å². The number of ether oxygens (including phenoxy) is 2. The Bertz CT molecular complexity index is 1130. The van der Waals surface area contributed by atoms with Crippen LogP contribution in [0.25, 0.3) is 6.08 Å². The summed E-state index contributed by atoms with van der Waals surface area (Å²) in [4.78, 5) is 24.9. The fourth-order valence-electron chi connectivity index (χ4n) is 3.20. The predicted molar refractivity (Wildman–Crippen MR) is 116 cm³/mol. The molecule has 0 atom stereocenters. The number of carbonyl (C=O) groups excluding carboxylic acids is 2. The van der Waals surface area contributed by atoms with Crippen molar-refractivity contribution in [1.29, 1.82) is 0 Å². The third-order valence-corrected chi connectivity index (χ3v) is 4.94. The van der Waals surface area contributed by atoms with Gasteiger partial charge in [-0.2, -0.15) is 0 Å². The molecule has 0 spiro atoms. The van der Waals surface area contributed by atoms with Gasteiger partial charge in [0.25, 0.3) is 0 Å². The molecule has 0 unspecified atom stereocenters. The Balaban J connectivity index is 1.53. The second-order valence-electron chi connectivity index (χ2n) is 8.23. The molecule has 0 bridgehead atoms. The van der Waals surface area contributed by atoms with Gasteiger partial charge in [-0.05, 0) is 46.9 Å². The highest BCUT2D eigenvalue weighted by Crippen LogP contribution is 2.35. The van der Waals surface area contributed by atoms with Crippen molar-refractivity contribution >= 4 is 17.8 Å². The average molecular weight is 398 g/mol. The first-order valence-corrected chi connectivity index (χ1v) is 9.77. The van der Waals surface area contributed by atoms with E-state index in [-0.39, 0.29) is 17.0 Å². The molecule has 1 aliphatic heterocycles. The molecule has 1 aliphatic rings. The maximum absolute atomic E-state index is 12.7. The topological polar surface area (TPSA) is 52.6 Å². The summed E-state index contributed by atoms with van der Waals surface area (Å²) in [7, 11) is 0. The lowest BCUT2D eigenvalue weighted by Gasteiger charge is -2.18. The first-order valence-electron chi connectivity index (χ1n) is 9.77. The monoisotopic (exact) mass is 398 g/mol. The number of rotatable bonds is 3. The van der Waals surface area contributed by atoms with E-state index >= 15 is 0 Å². The van der Waals surface area contributed by atoms with Crippen LogP contribution in [0.15, 0.2) is 78.6 Å². The van der Waals surface area contributed by atoms with Crippen LogP contribution < -0.4 is 9.47 Å². The first-order chi connectivity index (χ1) is 14.3. The van der Waals surface area contributed by atoms with Gasteiger partial charge in [-0.3, -0.25) is 4.79 Å². The minimum absolute atomic E-state index is 0.0647. The summed E-state index contributed by atoms with van der Waals surface area (Å²) in [6.07, 6.45) is 1.73. The maximum atomic E-state index is 12.7. The quantitative estimate of drug-likeness (QED) is 0.317. The van der Waals surface area contributed by atoms with E-state index < -0.39 is 5.97 Å². The SMILES string of the molecule is CC(C)(C)c1ccc(C=C2Oc3cc(OC(=O)c4ccccc4)ccc3C2=O)cc1. The highest BCUT2D eigenvalue weighted by molar-refractivity contribution is 6.14. The van der Waals surface area contributed by atoms with Crippen molar-refractivity contribution in [2.75, 3.05) is 0 Å². The molecule has 0 saturated heterocycles. The van der Waals surface area contributed by atoms with Gasteiger partial charge in [0.15, 0.2) is 5.76 Å². The number of Topliss-reactive ketones (excluding diaryl/α,β-unsaturated/α-hetero) is 1. The average Bonchev–Trinajstić information content (AvgIpc) is 3.03. The molecule has 4 heteroatoms. The molecule has 0 aliphatic carbocycles. The van der Waals surface area contributed by atoms with E-state index in [1.807, 2.05) is 18.2 Å². The fourth-order valence-corrected chi connectivity index (χ4v) is 3.20. The molecule has 3 aromatic rings. The third kappa shape index (κ3) is 4.03. The highest BCUT2D eigenvalue weighted by atomic mass is 16.5. The molecule has 4 rings (SSSR count). The molecule has 4 nitrogen and oxygen atoms in total. The summed E-state index contributed by atoms with van der Waals surface area (Å²) in [5.41, 5.74) is 3.07. The molecule has 0 fully saturated rings. The van der Waals surface area contributed by atoms with E-state index in [9.17, 15) is 9.59 Å². The van der Waals surface area contributed by atoms with Gasteiger partial charge in [-0.1, -0.05) is 63.2 Å². The van der Waals surface area contributed by atoms with Gasteiger partial charge in [0.1, 0.15) is 11.5 Å². The lowest BCUT2D eigenvalue weighted by Crippen LogP contribution is -2.10. The maximum Gasteiger partial charge on any atom is 0.343 e. The molecule has 0 radical (unpaired) electrons. The summed E-state index contributed by atoms with van der Waals surface area (Å²) >= 11 is 0. The van der Waals surface area contributed by atoms with Crippen molar-refractivity contribution in [3.05, 3.63) is 101 Å². The number of benzene rings is 3. The third-order valence-electron chi connectivity index (χ3n) is 4.94. The second kappa shape index (κ2) is 7.64. The van der Waals surface area contributed by atoms with Gasteiger partial charge < -0.3 is 9.47 Å². The zero-order chi connectivity index (χ0) is 21.3. The Kier molecular flexibility index (Phi) is 5.00. The molecule has 1 heterocycles. The zero-order valence-electron chi connectivity index (χ0n) is 17.1. The Morgan fingerprint density at radius 2 is 1.63 bits per heavy atom. The van der Waals surface area contributed by atoms with E-state index in [2.05, 4.69) is 32.9 Å². The summed E-state index contributed by atoms with van der Waals surface area (Å²) in [6.45, 7) is 6.47. The number of hydrogen-bond acceptors (Lipinski definition) is 4. The molecule has 30 heavy (non-hydrogen) atoms. The lowest BCUT2D eigenvalue weighted by atomic mass is 9.86. The molecule has 3 aromatic carbocycles. The van der Waals surface area contributed by atoms with Crippen LogP contribution in [0.2, 0.25) is 0 Å². The van der Waals surface area contributed by atoms with Gasteiger partial charge >= 0.3 is 5.97 Å². The zero-order valence-corrected chi connectivity index (χ0v) is 17.1. The molecule has 0 saturated carbocycles. The van der Waals surface area contributed by atoms with Crippen LogP contribution >= 0.6 is 0 Å². The summed E-state index contributed by atoms with van der Waals surface area (Å²) in [5.74, 6) is 0.308. The fraction of sp³-hybridized carbons (Fsp3) is 0.154. The number of ketones is 1. The number of carbonyl (C=O) groups is 2. The summed E-state index contributed by atoms with van der Waals surface area (Å²) < 4.78 is 11.2. The van der Waals surface area contributed by atoms with Crippen molar-refractivity contribution in [3.63, 3.8) is 0 Å². The summed E-state index contributed by atoms with van der Waals surface area (Å²) in [6, 6.07) is 21.6. The number of esters is 1. The van der Waals surface area contributed by atoms with Gasteiger partial charge in [0.2, 0.25) is 5.78 Å². The molecular formula is C26H22O4. The van der Waals surface area contributed by atoms with Crippen molar-refractivity contribution in [2.45, 2.75) is 26.2 Å². The van der Waals surface area contributed by atoms with E-state index in [1.54, 1.807) is 48.5 Å². The van der Waals surface area contributed by atoms with Crippen molar-refractivity contribution in [3.8, 4) is 11.5 Å². The minimum atomic E-state index is -0.463. The highest BCUT2D eigenvalue weighted by Gasteiger charge is 2.28. The Morgan fingerprint density at radius 3 is 2.30 bits per heavy atom. The Labute approximate surface area is 175 Å². The number of allylic oxidation sites excluding steroid dienone is 1. The van der Waals surface area contributed by atoms with Crippen LogP contribution in [0.4, 0.5) is 0 Å². The van der Waals surface area contributed by atoms with Crippen molar-refractivity contribution < 1.29 is 19.1 Å². The van der Waals surface area contributed by atoms with Gasteiger partial charge in [-0.25, -0.2) is 4.79 Å². The number of fused-ring (bicyclic) bond motifs is 1. The minimum Gasteiger partial charge on any atom is -0.452 e. The summed E-state index contributed by atoms with van der Waals surface area (Å²) in [5, 5.41) is 0. The van der Waals surface area contributed by atoms with Crippen LogP contribution in [-0.2, 0) is 5.41 Å².